The van der Waals surface area contributed by atoms with Crippen molar-refractivity contribution in [2.75, 3.05) is 0 Å². The van der Waals surface area contributed by atoms with Crippen molar-refractivity contribution in [2.45, 2.75) is 56.2 Å². The van der Waals surface area contributed by atoms with Gasteiger partial charge in [-0.2, -0.15) is 0 Å². The molecule has 158 valence electrons. The lowest BCUT2D eigenvalue weighted by atomic mass is 9.52. The second-order valence-electron chi connectivity index (χ2n) is 8.40. The highest BCUT2D eigenvalue weighted by atomic mass is 32.2. The number of hydrogen-bond donors (Lipinski definition) is 0. The molecule has 1 aliphatic carbocycles. The second kappa shape index (κ2) is 7.56. The fraction of sp³-hybridized carbons (Fsp3) is 0.417. The average Bonchev–Trinajstić information content (AvgIpc) is 2.70. The van der Waals surface area contributed by atoms with Crippen molar-refractivity contribution in [3.63, 3.8) is 0 Å². The molecule has 0 saturated heterocycles. The molecule has 1 fully saturated rings. The van der Waals surface area contributed by atoms with Gasteiger partial charge in [-0.15, -0.1) is 11.8 Å². The van der Waals surface area contributed by atoms with Gasteiger partial charge in [0.1, 0.15) is 5.82 Å². The summed E-state index contributed by atoms with van der Waals surface area (Å²) in [6, 6.07) is 15.2. The minimum Gasteiger partial charge on any atom is -0.294 e. The maximum atomic E-state index is 14.9. The normalized spacial score (nSPS) is 26.7. The first-order chi connectivity index (χ1) is 14.2. The van der Waals surface area contributed by atoms with Crippen LogP contribution in [0.5, 0.6) is 0 Å². The van der Waals surface area contributed by atoms with E-state index in [0.29, 0.717) is 22.6 Å². The molecule has 2 atom stereocenters. The van der Waals surface area contributed by atoms with Crippen LogP contribution >= 0.6 is 11.8 Å². The van der Waals surface area contributed by atoms with Gasteiger partial charge in [0, 0.05) is 34.6 Å². The molecule has 4 rings (SSSR count). The molecule has 1 spiro atoms. The van der Waals surface area contributed by atoms with Crippen molar-refractivity contribution in [1.82, 2.24) is 0 Å². The topological polar surface area (TPSA) is 29.4 Å². The van der Waals surface area contributed by atoms with E-state index in [1.54, 1.807) is 49.4 Å². The Labute approximate surface area is 179 Å². The number of hydrogen-bond acceptors (Lipinski definition) is 3. The SMILES string of the molecule is CC[C@H]1SC(CC(=O)c2ccccc2)=N[C@](C)(c2ccccc2F)C12CC(F)(F)C2. The molecule has 0 bridgehead atoms. The zero-order chi connectivity index (χ0) is 21.6. The summed E-state index contributed by atoms with van der Waals surface area (Å²) in [6.07, 6.45) is 0.0878. The minimum absolute atomic E-state index is 0.0810. The van der Waals surface area contributed by atoms with E-state index in [1.807, 2.05) is 13.0 Å². The first-order valence-electron chi connectivity index (χ1n) is 10.2. The van der Waals surface area contributed by atoms with Crippen LogP contribution in [0.15, 0.2) is 59.6 Å². The summed E-state index contributed by atoms with van der Waals surface area (Å²) >= 11 is 1.41. The fourth-order valence-corrected chi connectivity index (χ4v) is 6.59. The summed E-state index contributed by atoms with van der Waals surface area (Å²) in [4.78, 5) is 17.6. The summed E-state index contributed by atoms with van der Waals surface area (Å²) in [7, 11) is 0. The van der Waals surface area contributed by atoms with Gasteiger partial charge in [-0.05, 0) is 19.4 Å². The van der Waals surface area contributed by atoms with E-state index in [-0.39, 0.29) is 30.3 Å². The summed E-state index contributed by atoms with van der Waals surface area (Å²) in [5, 5.41) is 0.417. The largest absolute Gasteiger partial charge is 0.294 e. The molecule has 1 saturated carbocycles. The van der Waals surface area contributed by atoms with Crippen LogP contribution in [0.2, 0.25) is 0 Å². The Morgan fingerprint density at radius 2 is 1.73 bits per heavy atom. The molecule has 2 aromatic rings. The highest BCUT2D eigenvalue weighted by Crippen LogP contribution is 2.68. The molecule has 2 nitrogen and oxygen atoms in total. The quantitative estimate of drug-likeness (QED) is 0.496. The zero-order valence-electron chi connectivity index (χ0n) is 17.0. The predicted molar refractivity (Wildman–Crippen MR) is 115 cm³/mol. The lowest BCUT2D eigenvalue weighted by Crippen LogP contribution is -2.63. The van der Waals surface area contributed by atoms with Crippen LogP contribution in [-0.4, -0.2) is 22.0 Å². The number of rotatable bonds is 5. The molecule has 1 heterocycles. The summed E-state index contributed by atoms with van der Waals surface area (Å²) in [6.45, 7) is 3.72. The van der Waals surface area contributed by atoms with E-state index in [9.17, 15) is 18.0 Å². The second-order valence-corrected chi connectivity index (χ2v) is 9.68. The lowest BCUT2D eigenvalue weighted by Gasteiger charge is -2.61. The van der Waals surface area contributed by atoms with Crippen LogP contribution in [0.3, 0.4) is 0 Å². The number of aliphatic imine (C=N–C) groups is 1. The van der Waals surface area contributed by atoms with Gasteiger partial charge in [0.15, 0.2) is 5.78 Å². The number of Topliss-reactive ketones (excluding diaryl/α,β-unsaturated/α-hetero) is 1. The van der Waals surface area contributed by atoms with Gasteiger partial charge in [-0.3, -0.25) is 9.79 Å². The molecule has 0 radical (unpaired) electrons. The number of nitrogens with zero attached hydrogens (tertiary/aromatic N) is 1. The maximum absolute atomic E-state index is 14.9. The fourth-order valence-electron chi connectivity index (χ4n) is 5.02. The molecule has 0 amide bonds. The number of carbonyl (C=O) groups excluding carboxylic acids is 1. The van der Waals surface area contributed by atoms with Crippen LogP contribution in [0.25, 0.3) is 0 Å². The number of alkyl halides is 2. The molecule has 30 heavy (non-hydrogen) atoms. The molecule has 0 unspecified atom stereocenters. The van der Waals surface area contributed by atoms with E-state index < -0.39 is 22.7 Å². The summed E-state index contributed by atoms with van der Waals surface area (Å²) in [5.41, 5.74) is -1.10. The van der Waals surface area contributed by atoms with Crippen molar-refractivity contribution in [1.29, 1.82) is 0 Å². The van der Waals surface area contributed by atoms with Crippen LogP contribution < -0.4 is 0 Å². The summed E-state index contributed by atoms with van der Waals surface area (Å²) < 4.78 is 43.2. The molecular weight excluding hydrogens is 407 g/mol. The first kappa shape index (κ1) is 21.2. The maximum Gasteiger partial charge on any atom is 0.249 e. The van der Waals surface area contributed by atoms with Gasteiger partial charge in [0.25, 0.3) is 0 Å². The van der Waals surface area contributed by atoms with Crippen LogP contribution in [0.4, 0.5) is 13.2 Å². The third-order valence-corrected chi connectivity index (χ3v) is 8.11. The number of thioether (sulfide) groups is 1. The summed E-state index contributed by atoms with van der Waals surface area (Å²) in [5.74, 6) is -3.30. The van der Waals surface area contributed by atoms with E-state index in [2.05, 4.69) is 0 Å². The third kappa shape index (κ3) is 3.39. The van der Waals surface area contributed by atoms with Crippen LogP contribution in [0.1, 0.15) is 55.5 Å². The number of halogens is 3. The first-order valence-corrected chi connectivity index (χ1v) is 11.1. The lowest BCUT2D eigenvalue weighted by molar-refractivity contribution is -0.189. The van der Waals surface area contributed by atoms with Crippen molar-refractivity contribution in [2.24, 2.45) is 10.4 Å². The van der Waals surface area contributed by atoms with Gasteiger partial charge >= 0.3 is 0 Å². The molecule has 0 N–H and O–H groups in total. The molecule has 0 aromatic heterocycles. The Hall–Kier alpha value is -2.08. The third-order valence-electron chi connectivity index (χ3n) is 6.54. The van der Waals surface area contributed by atoms with E-state index in [4.69, 9.17) is 4.99 Å². The van der Waals surface area contributed by atoms with Gasteiger partial charge in [-0.25, -0.2) is 13.2 Å². The Morgan fingerprint density at radius 3 is 2.33 bits per heavy atom. The number of ketones is 1. The van der Waals surface area contributed by atoms with E-state index in [0.717, 1.165) is 0 Å². The van der Waals surface area contributed by atoms with Gasteiger partial charge in [0.2, 0.25) is 5.92 Å². The van der Waals surface area contributed by atoms with Crippen LogP contribution in [-0.2, 0) is 5.54 Å². The Morgan fingerprint density at radius 1 is 1.10 bits per heavy atom. The van der Waals surface area contributed by atoms with Gasteiger partial charge in [0.05, 0.1) is 17.0 Å². The van der Waals surface area contributed by atoms with Crippen molar-refractivity contribution in [3.8, 4) is 0 Å². The monoisotopic (exact) mass is 431 g/mol. The zero-order valence-corrected chi connectivity index (χ0v) is 17.8. The highest BCUT2D eigenvalue weighted by molar-refractivity contribution is 8.14. The number of benzene rings is 2. The van der Waals surface area contributed by atoms with E-state index in [1.165, 1.54) is 17.8 Å². The molecule has 2 aliphatic rings. The van der Waals surface area contributed by atoms with Crippen molar-refractivity contribution >= 4 is 22.6 Å². The van der Waals surface area contributed by atoms with Gasteiger partial charge < -0.3 is 0 Å². The molecule has 6 heteroatoms. The molecule has 1 aliphatic heterocycles. The predicted octanol–water partition coefficient (Wildman–Crippen LogP) is 6.65. The Balaban J connectivity index is 1.78. The van der Waals surface area contributed by atoms with Crippen molar-refractivity contribution in [3.05, 3.63) is 71.5 Å². The van der Waals surface area contributed by atoms with Crippen molar-refractivity contribution < 1.29 is 18.0 Å². The molecular formula is C24H24F3NOS. The number of carbonyl (C=O) groups is 1. The molecule has 2 aromatic carbocycles. The highest BCUT2D eigenvalue weighted by Gasteiger charge is 2.69. The van der Waals surface area contributed by atoms with Crippen LogP contribution in [0, 0.1) is 11.2 Å². The minimum atomic E-state index is -2.77. The Kier molecular flexibility index (Phi) is 5.33. The smallest absolute Gasteiger partial charge is 0.249 e. The Bertz CT molecular complexity index is 983. The average molecular weight is 432 g/mol. The van der Waals surface area contributed by atoms with E-state index >= 15 is 0 Å². The standard InChI is InChI=1S/C24H24F3NOS/c1-3-20-23(14-24(26,27)15-23)22(2,17-11-7-8-12-18(17)25)28-21(30-20)13-19(29)16-9-5-4-6-10-16/h4-12,20H,3,13-15H2,1-2H3/t20-,22-/m1/s1. The van der Waals surface area contributed by atoms with Gasteiger partial charge in [-0.1, -0.05) is 55.5 Å².